The van der Waals surface area contributed by atoms with Gasteiger partial charge in [-0.05, 0) is 0 Å². The molecule has 24 valence electrons. The molecule has 0 aliphatic carbocycles. The zero-order valence-corrected chi connectivity index (χ0v) is 2.31. The van der Waals surface area contributed by atoms with Gasteiger partial charge in [0, 0.05) is 0 Å². The van der Waals surface area contributed by atoms with Crippen molar-refractivity contribution in [1.29, 1.82) is 0 Å². The van der Waals surface area contributed by atoms with Gasteiger partial charge in [-0.25, -0.2) is 0 Å². The van der Waals surface area contributed by atoms with Gasteiger partial charge in [-0.1, -0.05) is 0 Å². The van der Waals surface area contributed by atoms with Crippen LogP contribution in [0.2, 0.25) is 0 Å². The third-order valence-corrected chi connectivity index (χ3v) is 0.1000. The molecule has 0 spiro atoms. The van der Waals surface area contributed by atoms with Crippen molar-refractivity contribution in [3.63, 3.8) is 0 Å². The molecule has 0 aromatic heterocycles. The summed E-state index contributed by atoms with van der Waals surface area (Å²) in [5, 5.41) is 15.2. The first-order valence-corrected chi connectivity index (χ1v) is 1.13. The summed E-state index contributed by atoms with van der Waals surface area (Å²) in [6.07, 6.45) is 0. The van der Waals surface area contributed by atoms with Gasteiger partial charge >= 0.3 is 18.9 Å². The molecule has 0 aliphatic rings. The van der Waals surface area contributed by atoms with Crippen LogP contribution in [-0.2, 0) is 0 Å². The predicted molar refractivity (Wildman–Crippen MR) is 25.9 cm³/mol. The fourth-order valence-electron chi connectivity index (χ4n) is 0. The fraction of sp³-hybridized carbons (Fsp3) is 0. The standard InChI is InChI=1S/B2H4O2.Li.H/c3-1-2-4;;/h1-4H;;. The second-order valence-electron chi connectivity index (χ2n) is 0.447. The van der Waals surface area contributed by atoms with E-state index in [1.165, 1.54) is 0 Å². The molecule has 0 rings (SSSR count). The van der Waals surface area contributed by atoms with Crippen molar-refractivity contribution in [2.45, 2.75) is 0 Å². The van der Waals surface area contributed by atoms with Crippen molar-refractivity contribution in [1.82, 2.24) is 0 Å². The summed E-state index contributed by atoms with van der Waals surface area (Å²) >= 11 is 0. The summed E-state index contributed by atoms with van der Waals surface area (Å²) in [6.45, 7) is 0. The normalized spacial score (nSPS) is 4.40. The number of rotatable bonds is 1. The van der Waals surface area contributed by atoms with Crippen LogP contribution in [0.5, 0.6) is 0 Å². The molecule has 0 aromatic carbocycles. The van der Waals surface area contributed by atoms with Gasteiger partial charge < -0.3 is 10.0 Å². The molecule has 0 radical (unpaired) electrons. The van der Waals surface area contributed by atoms with Crippen LogP contribution < -0.4 is 0 Å². The molecule has 0 heterocycles. The Morgan fingerprint density at radius 1 is 1.00 bits per heavy atom. The predicted octanol–water partition coefficient (Wildman–Crippen LogP) is -3.06. The molecule has 0 atom stereocenters. The van der Waals surface area contributed by atoms with Crippen molar-refractivity contribution < 1.29 is 10.0 Å². The van der Waals surface area contributed by atoms with E-state index in [2.05, 4.69) is 0 Å². The number of hydrogen-bond acceptors (Lipinski definition) is 2. The molecule has 2 nitrogen and oxygen atoms in total. The van der Waals surface area contributed by atoms with Crippen molar-refractivity contribution in [3.05, 3.63) is 0 Å². The van der Waals surface area contributed by atoms with Gasteiger partial charge in [0.05, 0.1) is 0 Å². The van der Waals surface area contributed by atoms with Crippen LogP contribution in [0.25, 0.3) is 0 Å². The Hall–Kier alpha value is 0.647. The molecule has 5 heteroatoms. The van der Waals surface area contributed by atoms with Crippen LogP contribution in [-0.4, -0.2) is 43.7 Å². The molecule has 0 unspecified atom stereocenters. The minimum absolute atomic E-state index is 0. The van der Waals surface area contributed by atoms with Crippen molar-refractivity contribution in [2.75, 3.05) is 0 Å². The summed E-state index contributed by atoms with van der Waals surface area (Å²) in [7, 11) is -0.250. The molecular formula is H5B2LiO2. The minimum atomic E-state index is -0.125. The van der Waals surface area contributed by atoms with Gasteiger partial charge in [-0.2, -0.15) is 0 Å². The maximum atomic E-state index is 7.62. The zero-order valence-electron chi connectivity index (χ0n) is 2.31. The Bertz CT molecular complexity index is 9.61. The van der Waals surface area contributed by atoms with Crippen LogP contribution >= 0.6 is 0 Å². The monoisotopic (exact) mass is 66.1 g/mol. The first-order valence-electron chi connectivity index (χ1n) is 1.13. The Labute approximate surface area is 44.3 Å². The molecule has 5 heavy (non-hydrogen) atoms. The van der Waals surface area contributed by atoms with Crippen molar-refractivity contribution in [2.24, 2.45) is 0 Å². The third-order valence-electron chi connectivity index (χ3n) is 0.1000. The first-order chi connectivity index (χ1) is 1.91. The van der Waals surface area contributed by atoms with Crippen LogP contribution in [0, 0.1) is 0 Å². The van der Waals surface area contributed by atoms with Crippen molar-refractivity contribution in [3.8, 4) is 0 Å². The van der Waals surface area contributed by atoms with Crippen LogP contribution in [0.4, 0.5) is 0 Å². The molecule has 0 aliphatic heterocycles. The van der Waals surface area contributed by atoms with Gasteiger partial charge in [-0.15, -0.1) is 0 Å². The Morgan fingerprint density at radius 2 is 1.20 bits per heavy atom. The van der Waals surface area contributed by atoms with E-state index in [1.807, 2.05) is 0 Å². The van der Waals surface area contributed by atoms with Gasteiger partial charge in [0.2, 0.25) is 0 Å². The Morgan fingerprint density at radius 3 is 1.20 bits per heavy atom. The van der Waals surface area contributed by atoms with Gasteiger partial charge in [-0.3, -0.25) is 0 Å². The summed E-state index contributed by atoms with van der Waals surface area (Å²) in [5.74, 6) is 0. The zero-order chi connectivity index (χ0) is 3.41. The van der Waals surface area contributed by atoms with Crippen LogP contribution in [0.1, 0.15) is 0 Å². The van der Waals surface area contributed by atoms with Gasteiger partial charge in [0.1, 0.15) is 0 Å². The molecule has 0 fully saturated rings. The van der Waals surface area contributed by atoms with E-state index in [4.69, 9.17) is 10.0 Å². The average molecular weight is 65.6 g/mol. The van der Waals surface area contributed by atoms with Crippen LogP contribution in [0.3, 0.4) is 0 Å². The summed E-state index contributed by atoms with van der Waals surface area (Å²) in [5.41, 5.74) is 0. The van der Waals surface area contributed by atoms with E-state index in [0.29, 0.717) is 0 Å². The topological polar surface area (TPSA) is 40.5 Å². The Balaban J connectivity index is 0. The summed E-state index contributed by atoms with van der Waals surface area (Å²) < 4.78 is 0. The maximum absolute atomic E-state index is 7.62. The fourth-order valence-corrected chi connectivity index (χ4v) is 0. The summed E-state index contributed by atoms with van der Waals surface area (Å²) in [4.78, 5) is 0. The summed E-state index contributed by atoms with van der Waals surface area (Å²) in [6, 6.07) is 0. The van der Waals surface area contributed by atoms with Crippen LogP contribution in [0.15, 0.2) is 0 Å². The second kappa shape index (κ2) is 8.82. The Kier molecular flexibility index (Phi) is 16.2. The molecule has 0 aromatic rings. The van der Waals surface area contributed by atoms with E-state index in [1.54, 1.807) is 0 Å². The molecule has 0 saturated heterocycles. The SMILES string of the molecule is OBBO.[LiH]. The van der Waals surface area contributed by atoms with E-state index in [0.717, 1.165) is 0 Å². The van der Waals surface area contributed by atoms with Crippen molar-refractivity contribution >= 4 is 33.6 Å². The average Bonchev–Trinajstić information content (AvgIpc) is 1.37. The second-order valence-corrected chi connectivity index (χ2v) is 0.447. The van der Waals surface area contributed by atoms with E-state index in [-0.39, 0.29) is 33.6 Å². The van der Waals surface area contributed by atoms with E-state index < -0.39 is 0 Å². The van der Waals surface area contributed by atoms with Gasteiger partial charge in [0.15, 0.2) is 0 Å². The quantitative estimate of drug-likeness (QED) is 0.319. The first kappa shape index (κ1) is 9.17. The number of hydrogen-bond donors (Lipinski definition) is 2. The third kappa shape index (κ3) is 12.0. The molecule has 2 N–H and O–H groups in total. The van der Waals surface area contributed by atoms with Gasteiger partial charge in [0.25, 0.3) is 14.7 Å². The molecule has 0 amide bonds. The molecular weight excluding hydrogens is 60.6 g/mol. The van der Waals surface area contributed by atoms with E-state index >= 15 is 0 Å². The molecule has 0 saturated carbocycles. The molecule has 0 bridgehead atoms. The van der Waals surface area contributed by atoms with E-state index in [9.17, 15) is 0 Å².